The van der Waals surface area contributed by atoms with Crippen molar-refractivity contribution in [3.63, 3.8) is 0 Å². The summed E-state index contributed by atoms with van der Waals surface area (Å²) in [5, 5.41) is 3.97. The summed E-state index contributed by atoms with van der Waals surface area (Å²) in [6.45, 7) is 0. The third kappa shape index (κ3) is 0.807. The number of hydrogen-bond donors (Lipinski definition) is 0. The topological polar surface area (TPSA) is 56.0 Å². The van der Waals surface area contributed by atoms with Crippen LogP contribution < -0.4 is 0 Å². The van der Waals surface area contributed by atoms with Gasteiger partial charge in [0.05, 0.1) is 5.52 Å². The molecule has 0 aromatic carbocycles. The molecule has 0 unspecified atom stereocenters. The minimum absolute atomic E-state index is 0.741. The van der Waals surface area contributed by atoms with Gasteiger partial charge < -0.3 is 0 Å². The van der Waals surface area contributed by atoms with E-state index in [1.807, 2.05) is 12.1 Å². The van der Waals surface area contributed by atoms with Crippen LogP contribution in [0.1, 0.15) is 0 Å². The molecule has 13 heavy (non-hydrogen) atoms. The van der Waals surface area contributed by atoms with Gasteiger partial charge in [-0.1, -0.05) is 0 Å². The van der Waals surface area contributed by atoms with E-state index in [1.54, 1.807) is 17.0 Å². The number of fused-ring (bicyclic) bond motifs is 3. The maximum Gasteiger partial charge on any atom is 0.184 e. The molecule has 3 aromatic rings. The minimum atomic E-state index is 0.741. The fraction of sp³-hybridized carbons (Fsp3) is 0. The summed E-state index contributed by atoms with van der Waals surface area (Å²) in [4.78, 5) is 12.5. The smallest absolute Gasteiger partial charge is 0.184 e. The largest absolute Gasteiger partial charge is 0.251 e. The highest BCUT2D eigenvalue weighted by atomic mass is 15.3. The van der Waals surface area contributed by atoms with Crippen LogP contribution in [0.5, 0.6) is 0 Å². The van der Waals surface area contributed by atoms with Gasteiger partial charge in [-0.05, 0) is 12.1 Å². The highest BCUT2D eigenvalue weighted by Gasteiger charge is 2.02. The maximum atomic E-state index is 4.20. The van der Waals surface area contributed by atoms with E-state index < -0.39 is 0 Å². The van der Waals surface area contributed by atoms with Gasteiger partial charge in [-0.25, -0.2) is 14.5 Å². The number of pyridine rings is 1. The third-order valence-corrected chi connectivity index (χ3v) is 1.88. The molecule has 3 aromatic heterocycles. The van der Waals surface area contributed by atoms with Gasteiger partial charge >= 0.3 is 0 Å². The molecule has 0 spiro atoms. The van der Waals surface area contributed by atoms with Crippen LogP contribution >= 0.6 is 0 Å². The molecule has 0 bridgehead atoms. The second kappa shape index (κ2) is 2.22. The van der Waals surface area contributed by atoms with Gasteiger partial charge in [0.25, 0.3) is 0 Å². The van der Waals surface area contributed by atoms with Crippen LogP contribution in [-0.4, -0.2) is 24.6 Å². The lowest BCUT2D eigenvalue weighted by Crippen LogP contribution is -1.92. The second-order valence-corrected chi connectivity index (χ2v) is 2.64. The maximum absolute atomic E-state index is 4.20. The molecule has 3 heterocycles. The summed E-state index contributed by atoms with van der Waals surface area (Å²) in [7, 11) is 0. The first-order valence-corrected chi connectivity index (χ1v) is 3.84. The Morgan fingerprint density at radius 3 is 3.15 bits per heavy atom. The van der Waals surface area contributed by atoms with Gasteiger partial charge in [0.2, 0.25) is 0 Å². The Morgan fingerprint density at radius 1 is 1.15 bits per heavy atom. The molecule has 0 aliphatic rings. The summed E-state index contributed by atoms with van der Waals surface area (Å²) >= 11 is 0. The van der Waals surface area contributed by atoms with Crippen LogP contribution in [0.4, 0.5) is 0 Å². The number of rotatable bonds is 0. The summed E-state index contributed by atoms with van der Waals surface area (Å²) in [5.74, 6) is 0. The standard InChI is InChI=1S/C8H5N5/c1-2-6-7(9-3-1)8-10-4-12-13(8)5-11-6/h1-5H. The molecule has 0 aliphatic heterocycles. The van der Waals surface area contributed by atoms with Crippen molar-refractivity contribution in [2.75, 3.05) is 0 Å². The molecule has 0 saturated carbocycles. The Kier molecular flexibility index (Phi) is 1.11. The quantitative estimate of drug-likeness (QED) is 0.499. The zero-order valence-electron chi connectivity index (χ0n) is 6.62. The molecule has 0 saturated heterocycles. The van der Waals surface area contributed by atoms with Crippen molar-refractivity contribution in [2.45, 2.75) is 0 Å². The average molecular weight is 171 g/mol. The van der Waals surface area contributed by atoms with Crippen LogP contribution in [-0.2, 0) is 0 Å². The molecule has 0 atom stereocenters. The fourth-order valence-corrected chi connectivity index (χ4v) is 1.29. The van der Waals surface area contributed by atoms with Gasteiger partial charge in [0.15, 0.2) is 5.65 Å². The van der Waals surface area contributed by atoms with Crippen molar-refractivity contribution in [3.8, 4) is 0 Å². The zero-order chi connectivity index (χ0) is 8.67. The summed E-state index contributed by atoms with van der Waals surface area (Å²) in [5.41, 5.74) is 2.36. The SMILES string of the molecule is c1cnc2c(c1)ncn1ncnc21. The van der Waals surface area contributed by atoms with E-state index in [0.717, 1.165) is 16.7 Å². The Labute approximate surface area is 73.1 Å². The summed E-state index contributed by atoms with van der Waals surface area (Å²) < 4.78 is 1.61. The molecule has 5 heteroatoms. The van der Waals surface area contributed by atoms with Gasteiger partial charge in [-0.2, -0.15) is 5.10 Å². The van der Waals surface area contributed by atoms with E-state index in [9.17, 15) is 0 Å². The molecular formula is C8H5N5. The minimum Gasteiger partial charge on any atom is -0.251 e. The van der Waals surface area contributed by atoms with Crippen LogP contribution in [0.25, 0.3) is 16.7 Å². The van der Waals surface area contributed by atoms with Crippen LogP contribution in [0.15, 0.2) is 31.0 Å². The second-order valence-electron chi connectivity index (χ2n) is 2.64. The first-order valence-electron chi connectivity index (χ1n) is 3.84. The van der Waals surface area contributed by atoms with E-state index in [1.165, 1.54) is 6.33 Å². The first kappa shape index (κ1) is 6.47. The lowest BCUT2D eigenvalue weighted by Gasteiger charge is -1.95. The van der Waals surface area contributed by atoms with E-state index in [-0.39, 0.29) is 0 Å². The molecule has 62 valence electrons. The van der Waals surface area contributed by atoms with E-state index >= 15 is 0 Å². The van der Waals surface area contributed by atoms with Crippen molar-refractivity contribution >= 4 is 16.7 Å². The van der Waals surface area contributed by atoms with Crippen molar-refractivity contribution in [3.05, 3.63) is 31.0 Å². The number of hydrogen-bond acceptors (Lipinski definition) is 4. The number of aromatic nitrogens is 5. The van der Waals surface area contributed by atoms with Crippen molar-refractivity contribution in [1.82, 2.24) is 24.6 Å². The summed E-state index contributed by atoms with van der Waals surface area (Å²) in [6.07, 6.45) is 4.84. The third-order valence-electron chi connectivity index (χ3n) is 1.88. The van der Waals surface area contributed by atoms with Gasteiger partial charge in [0, 0.05) is 6.20 Å². The Hall–Kier alpha value is -2.04. The monoisotopic (exact) mass is 171 g/mol. The van der Waals surface area contributed by atoms with Crippen LogP contribution in [0.3, 0.4) is 0 Å². The van der Waals surface area contributed by atoms with Crippen LogP contribution in [0.2, 0.25) is 0 Å². The molecule has 0 fully saturated rings. The highest BCUT2D eigenvalue weighted by Crippen LogP contribution is 2.10. The van der Waals surface area contributed by atoms with Crippen molar-refractivity contribution in [1.29, 1.82) is 0 Å². The van der Waals surface area contributed by atoms with Gasteiger partial charge in [0.1, 0.15) is 18.2 Å². The molecule has 0 N–H and O–H groups in total. The van der Waals surface area contributed by atoms with E-state index in [2.05, 4.69) is 20.1 Å². The molecule has 5 nitrogen and oxygen atoms in total. The first-order chi connectivity index (χ1) is 6.45. The lowest BCUT2D eigenvalue weighted by molar-refractivity contribution is 0.931. The molecule has 0 aliphatic carbocycles. The zero-order valence-corrected chi connectivity index (χ0v) is 6.62. The van der Waals surface area contributed by atoms with Crippen LogP contribution in [0, 0.1) is 0 Å². The molecule has 0 amide bonds. The van der Waals surface area contributed by atoms with E-state index in [0.29, 0.717) is 0 Å². The van der Waals surface area contributed by atoms with Crippen molar-refractivity contribution < 1.29 is 0 Å². The Balaban J connectivity index is 2.65. The lowest BCUT2D eigenvalue weighted by atomic mass is 10.3. The van der Waals surface area contributed by atoms with E-state index in [4.69, 9.17) is 0 Å². The number of nitrogens with zero attached hydrogens (tertiary/aromatic N) is 5. The summed E-state index contributed by atoms with van der Waals surface area (Å²) in [6, 6.07) is 3.75. The van der Waals surface area contributed by atoms with Gasteiger partial charge in [-0.15, -0.1) is 0 Å². The highest BCUT2D eigenvalue weighted by molar-refractivity contribution is 5.86. The fourth-order valence-electron chi connectivity index (χ4n) is 1.29. The Bertz CT molecular complexity index is 571. The van der Waals surface area contributed by atoms with Crippen molar-refractivity contribution in [2.24, 2.45) is 0 Å². The predicted molar refractivity (Wildman–Crippen MR) is 46.1 cm³/mol. The molecule has 0 radical (unpaired) electrons. The van der Waals surface area contributed by atoms with Gasteiger partial charge in [-0.3, -0.25) is 4.98 Å². The Morgan fingerprint density at radius 2 is 2.15 bits per heavy atom. The molecule has 3 rings (SSSR count). The normalized spacial score (nSPS) is 11.1. The molecular weight excluding hydrogens is 166 g/mol. The predicted octanol–water partition coefficient (Wildman–Crippen LogP) is 0.672. The average Bonchev–Trinajstić information content (AvgIpc) is 2.65.